The lowest BCUT2D eigenvalue weighted by Gasteiger charge is -2.11. The van der Waals surface area contributed by atoms with Crippen molar-refractivity contribution in [2.24, 2.45) is 0 Å². The molecule has 4 rings (SSSR count). The Bertz CT molecular complexity index is 1250. The van der Waals surface area contributed by atoms with Crippen LogP contribution in [0, 0.1) is 0 Å². The maximum Gasteiger partial charge on any atom is 0.255 e. The number of hydrogen-bond acceptors (Lipinski definition) is 7. The lowest BCUT2D eigenvalue weighted by Crippen LogP contribution is -2.13. The fourth-order valence-corrected chi connectivity index (χ4v) is 5.06. The van der Waals surface area contributed by atoms with Crippen LogP contribution in [-0.4, -0.2) is 25.7 Å². The number of amides is 1. The topological polar surface area (TPSA) is 98.7 Å². The normalized spacial score (nSPS) is 11.0. The molecule has 4 aromatic rings. The van der Waals surface area contributed by atoms with Gasteiger partial charge in [0.1, 0.15) is 5.82 Å². The molecule has 0 bridgehead atoms. The lowest BCUT2D eigenvalue weighted by atomic mass is 10.1. The Morgan fingerprint density at radius 2 is 2.00 bits per heavy atom. The molecule has 0 spiro atoms. The maximum absolute atomic E-state index is 12.8. The van der Waals surface area contributed by atoms with Crippen molar-refractivity contribution < 1.29 is 4.79 Å². The van der Waals surface area contributed by atoms with Crippen molar-refractivity contribution in [1.82, 2.24) is 19.7 Å². The van der Waals surface area contributed by atoms with E-state index in [1.165, 1.54) is 11.3 Å². The highest BCUT2D eigenvalue weighted by molar-refractivity contribution is 7.98. The van der Waals surface area contributed by atoms with Gasteiger partial charge in [0.2, 0.25) is 0 Å². The first-order chi connectivity index (χ1) is 16.1. The highest BCUT2D eigenvalue weighted by Crippen LogP contribution is 2.24. The van der Waals surface area contributed by atoms with E-state index in [0.29, 0.717) is 22.9 Å². The molecule has 0 saturated heterocycles. The Morgan fingerprint density at radius 3 is 2.76 bits per heavy atom. The van der Waals surface area contributed by atoms with E-state index in [0.717, 1.165) is 46.5 Å². The van der Waals surface area contributed by atoms with Gasteiger partial charge in [-0.15, -0.1) is 21.5 Å². The first-order valence-electron chi connectivity index (χ1n) is 10.8. The third-order valence-electron chi connectivity index (χ3n) is 5.22. The molecular weight excluding hydrogens is 452 g/mol. The van der Waals surface area contributed by atoms with E-state index in [1.807, 2.05) is 53.9 Å². The zero-order chi connectivity index (χ0) is 23.2. The van der Waals surface area contributed by atoms with Gasteiger partial charge >= 0.3 is 0 Å². The molecule has 2 aromatic heterocycles. The van der Waals surface area contributed by atoms with E-state index in [2.05, 4.69) is 38.9 Å². The van der Waals surface area contributed by atoms with Crippen LogP contribution in [0.5, 0.6) is 0 Å². The van der Waals surface area contributed by atoms with Crippen molar-refractivity contribution in [3.63, 3.8) is 0 Å². The van der Waals surface area contributed by atoms with Crippen LogP contribution in [0.2, 0.25) is 0 Å². The second-order valence-corrected chi connectivity index (χ2v) is 9.28. The number of nitrogens with two attached hydrogens (primary N) is 1. The number of para-hydroxylation sites is 1. The number of nitrogen functional groups attached to an aromatic ring is 1. The number of hydrogen-bond donors (Lipinski definition) is 2. The van der Waals surface area contributed by atoms with Gasteiger partial charge in [0, 0.05) is 28.9 Å². The predicted molar refractivity (Wildman–Crippen MR) is 135 cm³/mol. The minimum absolute atomic E-state index is 0.107. The molecule has 170 valence electrons. The standard InChI is InChI=1S/C24H26N6OS2/c1-3-17-9-5-6-11-20(17)27-22(31)18-10-7-8-16(12-18)14-33-24-29-28-21(30(24)4-2)13-19-15-32-23(25)26-19/h5-12,15H,3-4,13-14H2,1-2H3,(H2,25,26)(H,27,31). The molecule has 0 aliphatic heterocycles. The van der Waals surface area contributed by atoms with Crippen molar-refractivity contribution in [1.29, 1.82) is 0 Å². The smallest absolute Gasteiger partial charge is 0.255 e. The first kappa shape index (κ1) is 23.0. The molecule has 2 aromatic carbocycles. The maximum atomic E-state index is 12.8. The summed E-state index contributed by atoms with van der Waals surface area (Å²) >= 11 is 3.04. The number of carbonyl (C=O) groups excluding carboxylic acids is 1. The van der Waals surface area contributed by atoms with Crippen LogP contribution in [0.25, 0.3) is 0 Å². The molecule has 0 saturated carbocycles. The monoisotopic (exact) mass is 478 g/mol. The van der Waals surface area contributed by atoms with Crippen LogP contribution in [0.3, 0.4) is 0 Å². The van der Waals surface area contributed by atoms with Gasteiger partial charge < -0.3 is 15.6 Å². The number of anilines is 2. The van der Waals surface area contributed by atoms with E-state index in [4.69, 9.17) is 5.73 Å². The summed E-state index contributed by atoms with van der Waals surface area (Å²) in [5.41, 5.74) is 10.3. The zero-order valence-electron chi connectivity index (χ0n) is 18.6. The van der Waals surface area contributed by atoms with Gasteiger partial charge in [-0.3, -0.25) is 4.79 Å². The molecule has 0 fully saturated rings. The lowest BCUT2D eigenvalue weighted by molar-refractivity contribution is 0.102. The second-order valence-electron chi connectivity index (χ2n) is 7.45. The molecule has 0 aliphatic rings. The summed E-state index contributed by atoms with van der Waals surface area (Å²) in [4.78, 5) is 17.2. The fourth-order valence-electron chi connectivity index (χ4n) is 3.54. The number of thioether (sulfide) groups is 1. The number of nitrogens with zero attached hydrogens (tertiary/aromatic N) is 4. The Morgan fingerprint density at radius 1 is 1.15 bits per heavy atom. The van der Waals surface area contributed by atoms with Crippen LogP contribution >= 0.6 is 23.1 Å². The molecule has 3 N–H and O–H groups in total. The molecule has 0 radical (unpaired) electrons. The van der Waals surface area contributed by atoms with Gasteiger partial charge in [0.05, 0.1) is 12.1 Å². The minimum atomic E-state index is -0.107. The van der Waals surface area contributed by atoms with E-state index < -0.39 is 0 Å². The first-order valence-corrected chi connectivity index (χ1v) is 12.7. The number of aryl methyl sites for hydroxylation is 1. The Labute approximate surface area is 201 Å². The zero-order valence-corrected chi connectivity index (χ0v) is 20.2. The Balaban J connectivity index is 1.43. The van der Waals surface area contributed by atoms with Gasteiger partial charge in [-0.05, 0) is 42.7 Å². The largest absolute Gasteiger partial charge is 0.375 e. The SMILES string of the molecule is CCc1ccccc1NC(=O)c1cccc(CSc2nnc(Cc3csc(N)n3)n2CC)c1. The predicted octanol–water partition coefficient (Wildman–Crippen LogP) is 5.03. The molecule has 1 amide bonds. The Kier molecular flexibility index (Phi) is 7.41. The summed E-state index contributed by atoms with van der Waals surface area (Å²) in [5, 5.41) is 15.1. The quantitative estimate of drug-likeness (QED) is 0.327. The third-order valence-corrected chi connectivity index (χ3v) is 6.98. The average Bonchev–Trinajstić information content (AvgIpc) is 3.43. The van der Waals surface area contributed by atoms with E-state index in [-0.39, 0.29) is 5.91 Å². The molecular formula is C24H26N6OS2. The highest BCUT2D eigenvalue weighted by atomic mass is 32.2. The Hall–Kier alpha value is -3.17. The van der Waals surface area contributed by atoms with Crippen molar-refractivity contribution >= 4 is 39.8 Å². The van der Waals surface area contributed by atoms with Crippen molar-refractivity contribution in [2.75, 3.05) is 11.1 Å². The summed E-state index contributed by atoms with van der Waals surface area (Å²) in [6, 6.07) is 15.6. The van der Waals surface area contributed by atoms with E-state index in [9.17, 15) is 4.79 Å². The molecule has 2 heterocycles. The summed E-state index contributed by atoms with van der Waals surface area (Å²) in [7, 11) is 0. The van der Waals surface area contributed by atoms with Crippen LogP contribution in [0.4, 0.5) is 10.8 Å². The highest BCUT2D eigenvalue weighted by Gasteiger charge is 2.14. The van der Waals surface area contributed by atoms with Gasteiger partial charge in [-0.1, -0.05) is 49.0 Å². The van der Waals surface area contributed by atoms with Crippen LogP contribution in [0.1, 0.15) is 46.9 Å². The van der Waals surface area contributed by atoms with Gasteiger partial charge in [0.15, 0.2) is 10.3 Å². The van der Waals surface area contributed by atoms with Gasteiger partial charge in [-0.2, -0.15) is 0 Å². The molecule has 9 heteroatoms. The van der Waals surface area contributed by atoms with Gasteiger partial charge in [0.25, 0.3) is 5.91 Å². The summed E-state index contributed by atoms with van der Waals surface area (Å²) in [6.45, 7) is 4.92. The number of nitrogens with one attached hydrogen (secondary N) is 1. The molecule has 7 nitrogen and oxygen atoms in total. The van der Waals surface area contributed by atoms with Crippen molar-refractivity contribution in [3.8, 4) is 0 Å². The average molecular weight is 479 g/mol. The van der Waals surface area contributed by atoms with E-state index >= 15 is 0 Å². The second kappa shape index (κ2) is 10.6. The van der Waals surface area contributed by atoms with Crippen molar-refractivity contribution in [2.45, 2.75) is 44.1 Å². The summed E-state index contributed by atoms with van der Waals surface area (Å²) in [5.74, 6) is 1.45. The van der Waals surface area contributed by atoms with Crippen LogP contribution in [0.15, 0.2) is 59.1 Å². The van der Waals surface area contributed by atoms with Gasteiger partial charge in [-0.25, -0.2) is 4.98 Å². The number of thiazole rings is 1. The van der Waals surface area contributed by atoms with Crippen LogP contribution in [-0.2, 0) is 25.1 Å². The number of carbonyl (C=O) groups is 1. The molecule has 0 aliphatic carbocycles. The molecule has 0 unspecified atom stereocenters. The van der Waals surface area contributed by atoms with Crippen molar-refractivity contribution in [3.05, 3.63) is 82.1 Å². The summed E-state index contributed by atoms with van der Waals surface area (Å²) in [6.07, 6.45) is 1.47. The fraction of sp³-hybridized carbons (Fsp3) is 0.250. The number of benzene rings is 2. The number of aromatic nitrogens is 4. The minimum Gasteiger partial charge on any atom is -0.375 e. The number of rotatable bonds is 9. The molecule has 33 heavy (non-hydrogen) atoms. The van der Waals surface area contributed by atoms with E-state index in [1.54, 1.807) is 11.8 Å². The summed E-state index contributed by atoms with van der Waals surface area (Å²) < 4.78 is 2.10. The van der Waals surface area contributed by atoms with Crippen LogP contribution < -0.4 is 11.1 Å². The third kappa shape index (κ3) is 5.61. The molecule has 0 atom stereocenters.